The number of hydrogen-bond acceptors (Lipinski definition) is 2. The second-order valence-corrected chi connectivity index (χ2v) is 4.35. The lowest BCUT2D eigenvalue weighted by Crippen LogP contribution is -2.16. The molecule has 3 unspecified atom stereocenters. The third-order valence-electron chi connectivity index (χ3n) is 3.08. The molecule has 1 rings (SSSR count). The molecule has 2 heteroatoms. The Morgan fingerprint density at radius 2 is 2.33 bits per heavy atom. The molecule has 1 aliphatic heterocycles. The maximum Gasteiger partial charge on any atom is 0.0787 e. The normalized spacial score (nSPS) is 30.9. The van der Waals surface area contributed by atoms with Gasteiger partial charge in [-0.15, -0.1) is 0 Å². The highest BCUT2D eigenvalue weighted by Crippen LogP contribution is 2.31. The molecule has 15 heavy (non-hydrogen) atoms. The van der Waals surface area contributed by atoms with Gasteiger partial charge in [-0.3, -0.25) is 0 Å². The van der Waals surface area contributed by atoms with Crippen LogP contribution in [0.2, 0.25) is 0 Å². The average Bonchev–Trinajstić information content (AvgIpc) is 2.58. The SMILES string of the molecule is CCC/C=C/C1OCC(C)C1CCC#N. The fourth-order valence-electron chi connectivity index (χ4n) is 2.11. The van der Waals surface area contributed by atoms with Crippen LogP contribution < -0.4 is 0 Å². The Labute approximate surface area is 92.9 Å². The van der Waals surface area contributed by atoms with E-state index >= 15 is 0 Å². The molecule has 0 aromatic rings. The quantitative estimate of drug-likeness (QED) is 0.648. The van der Waals surface area contributed by atoms with Gasteiger partial charge in [0.2, 0.25) is 0 Å². The zero-order valence-electron chi connectivity index (χ0n) is 9.78. The van der Waals surface area contributed by atoms with Crippen molar-refractivity contribution >= 4 is 0 Å². The molecule has 0 spiro atoms. The Morgan fingerprint density at radius 3 is 3.00 bits per heavy atom. The summed E-state index contributed by atoms with van der Waals surface area (Å²) >= 11 is 0. The van der Waals surface area contributed by atoms with Gasteiger partial charge in [0, 0.05) is 6.42 Å². The largest absolute Gasteiger partial charge is 0.374 e. The standard InChI is InChI=1S/C13H21NO/c1-3-4-5-8-13-12(7-6-9-14)11(2)10-15-13/h5,8,11-13H,3-4,6-7,10H2,1-2H3/b8-5+. The van der Waals surface area contributed by atoms with E-state index < -0.39 is 0 Å². The topological polar surface area (TPSA) is 33.0 Å². The first-order chi connectivity index (χ1) is 7.29. The summed E-state index contributed by atoms with van der Waals surface area (Å²) in [5, 5.41) is 8.60. The fourth-order valence-corrected chi connectivity index (χ4v) is 2.11. The predicted octanol–water partition coefficient (Wildman–Crippen LogP) is 3.30. The summed E-state index contributed by atoms with van der Waals surface area (Å²) in [4.78, 5) is 0. The lowest BCUT2D eigenvalue weighted by Gasteiger charge is -2.16. The first-order valence-corrected chi connectivity index (χ1v) is 5.94. The van der Waals surface area contributed by atoms with Gasteiger partial charge >= 0.3 is 0 Å². The average molecular weight is 207 g/mol. The molecular weight excluding hydrogens is 186 g/mol. The zero-order valence-corrected chi connectivity index (χ0v) is 9.78. The molecule has 0 bridgehead atoms. The van der Waals surface area contributed by atoms with E-state index in [-0.39, 0.29) is 6.10 Å². The summed E-state index contributed by atoms with van der Waals surface area (Å²) < 4.78 is 5.73. The smallest absolute Gasteiger partial charge is 0.0787 e. The molecule has 2 nitrogen and oxygen atoms in total. The number of rotatable bonds is 5. The molecule has 0 aliphatic carbocycles. The van der Waals surface area contributed by atoms with Gasteiger partial charge < -0.3 is 4.74 Å². The zero-order chi connectivity index (χ0) is 11.1. The summed E-state index contributed by atoms with van der Waals surface area (Å²) in [6, 6.07) is 2.22. The van der Waals surface area contributed by atoms with E-state index in [9.17, 15) is 0 Å². The van der Waals surface area contributed by atoms with Crippen molar-refractivity contribution in [2.75, 3.05) is 6.61 Å². The van der Waals surface area contributed by atoms with E-state index in [2.05, 4.69) is 32.1 Å². The minimum Gasteiger partial charge on any atom is -0.374 e. The second kappa shape index (κ2) is 6.63. The van der Waals surface area contributed by atoms with Gasteiger partial charge in [-0.05, 0) is 24.7 Å². The predicted molar refractivity (Wildman–Crippen MR) is 61.3 cm³/mol. The number of unbranched alkanes of at least 4 members (excludes halogenated alkanes) is 1. The highest BCUT2D eigenvalue weighted by Gasteiger charge is 2.31. The lowest BCUT2D eigenvalue weighted by molar-refractivity contribution is 0.125. The fraction of sp³-hybridized carbons (Fsp3) is 0.769. The van der Waals surface area contributed by atoms with Crippen LogP contribution in [0.1, 0.15) is 39.5 Å². The molecule has 0 aromatic heterocycles. The minimum atomic E-state index is 0.250. The van der Waals surface area contributed by atoms with Gasteiger partial charge in [0.25, 0.3) is 0 Å². The summed E-state index contributed by atoms with van der Waals surface area (Å²) in [6.45, 7) is 5.24. The van der Waals surface area contributed by atoms with Crippen molar-refractivity contribution in [2.45, 2.75) is 45.6 Å². The summed E-state index contributed by atoms with van der Waals surface area (Å²) in [6.07, 6.45) is 8.58. The van der Waals surface area contributed by atoms with Crippen molar-refractivity contribution in [1.29, 1.82) is 5.26 Å². The first kappa shape index (κ1) is 12.3. The van der Waals surface area contributed by atoms with Gasteiger partial charge in [-0.1, -0.05) is 32.4 Å². The third kappa shape index (κ3) is 3.68. The minimum absolute atomic E-state index is 0.250. The van der Waals surface area contributed by atoms with Crippen LogP contribution in [0.5, 0.6) is 0 Å². The Bertz CT molecular complexity index is 241. The molecule has 0 radical (unpaired) electrons. The maximum absolute atomic E-state index is 8.60. The molecular formula is C13H21NO. The molecule has 1 fully saturated rings. The Morgan fingerprint density at radius 1 is 1.53 bits per heavy atom. The molecule has 0 amide bonds. The van der Waals surface area contributed by atoms with Crippen LogP contribution in [-0.2, 0) is 4.74 Å². The second-order valence-electron chi connectivity index (χ2n) is 4.35. The van der Waals surface area contributed by atoms with Crippen LogP contribution >= 0.6 is 0 Å². The Balaban J connectivity index is 2.44. The Hall–Kier alpha value is -0.810. The molecule has 1 aliphatic rings. The van der Waals surface area contributed by atoms with E-state index in [1.54, 1.807) is 0 Å². The van der Waals surface area contributed by atoms with Gasteiger partial charge in [-0.2, -0.15) is 5.26 Å². The summed E-state index contributed by atoms with van der Waals surface area (Å²) in [5.41, 5.74) is 0. The van der Waals surface area contributed by atoms with Crippen LogP contribution in [0.3, 0.4) is 0 Å². The molecule has 0 saturated carbocycles. The van der Waals surface area contributed by atoms with E-state index in [4.69, 9.17) is 10.00 Å². The van der Waals surface area contributed by atoms with Crippen molar-refractivity contribution in [3.63, 3.8) is 0 Å². The number of nitriles is 1. The number of hydrogen-bond donors (Lipinski definition) is 0. The van der Waals surface area contributed by atoms with Crippen LogP contribution in [0.25, 0.3) is 0 Å². The molecule has 1 saturated heterocycles. The van der Waals surface area contributed by atoms with E-state index in [0.29, 0.717) is 18.3 Å². The van der Waals surface area contributed by atoms with E-state index in [0.717, 1.165) is 19.4 Å². The van der Waals surface area contributed by atoms with E-state index in [1.807, 2.05) is 0 Å². The van der Waals surface area contributed by atoms with Gasteiger partial charge in [0.15, 0.2) is 0 Å². The molecule has 0 N–H and O–H groups in total. The molecule has 3 atom stereocenters. The number of nitrogens with zero attached hydrogens (tertiary/aromatic N) is 1. The van der Waals surface area contributed by atoms with Gasteiger partial charge in [-0.25, -0.2) is 0 Å². The van der Waals surface area contributed by atoms with Crippen LogP contribution in [-0.4, -0.2) is 12.7 Å². The number of ether oxygens (including phenoxy) is 1. The van der Waals surface area contributed by atoms with Gasteiger partial charge in [0.05, 0.1) is 18.8 Å². The highest BCUT2D eigenvalue weighted by molar-refractivity contribution is 4.98. The maximum atomic E-state index is 8.60. The van der Waals surface area contributed by atoms with Gasteiger partial charge in [0.1, 0.15) is 0 Å². The van der Waals surface area contributed by atoms with Crippen molar-refractivity contribution in [2.24, 2.45) is 11.8 Å². The first-order valence-electron chi connectivity index (χ1n) is 5.94. The molecule has 84 valence electrons. The molecule has 0 aromatic carbocycles. The van der Waals surface area contributed by atoms with Crippen molar-refractivity contribution in [3.8, 4) is 6.07 Å². The van der Waals surface area contributed by atoms with Crippen LogP contribution in [0.4, 0.5) is 0 Å². The monoisotopic (exact) mass is 207 g/mol. The molecule has 1 heterocycles. The summed E-state index contributed by atoms with van der Waals surface area (Å²) in [5.74, 6) is 1.13. The highest BCUT2D eigenvalue weighted by atomic mass is 16.5. The lowest BCUT2D eigenvalue weighted by atomic mass is 9.88. The third-order valence-corrected chi connectivity index (χ3v) is 3.08. The van der Waals surface area contributed by atoms with Crippen molar-refractivity contribution in [3.05, 3.63) is 12.2 Å². The summed E-state index contributed by atoms with van der Waals surface area (Å²) in [7, 11) is 0. The van der Waals surface area contributed by atoms with Crippen molar-refractivity contribution < 1.29 is 4.74 Å². The Kier molecular flexibility index (Phi) is 5.42. The van der Waals surface area contributed by atoms with Crippen LogP contribution in [0.15, 0.2) is 12.2 Å². The number of allylic oxidation sites excluding steroid dienone is 1. The van der Waals surface area contributed by atoms with Crippen molar-refractivity contribution in [1.82, 2.24) is 0 Å². The van der Waals surface area contributed by atoms with Crippen LogP contribution in [0, 0.1) is 23.2 Å². The van der Waals surface area contributed by atoms with E-state index in [1.165, 1.54) is 6.42 Å².